The first-order valence-electron chi connectivity index (χ1n) is 7.88. The summed E-state index contributed by atoms with van der Waals surface area (Å²) in [5.74, 6) is 0.162. The minimum absolute atomic E-state index is 0.0424. The number of thiophene rings is 1. The Labute approximate surface area is 154 Å². The maximum absolute atomic E-state index is 12.5. The summed E-state index contributed by atoms with van der Waals surface area (Å²) >= 11 is 3.00. The quantitative estimate of drug-likeness (QED) is 0.609. The highest BCUT2D eigenvalue weighted by Crippen LogP contribution is 2.26. The molecular weight excluding hydrogens is 354 g/mol. The lowest BCUT2D eigenvalue weighted by Gasteiger charge is -2.26. The smallest absolute Gasteiger partial charge is 0.233 e. The van der Waals surface area contributed by atoms with Gasteiger partial charge < -0.3 is 4.90 Å². The van der Waals surface area contributed by atoms with E-state index in [2.05, 4.69) is 22.5 Å². The number of aryl methyl sites for hydroxylation is 1. The minimum atomic E-state index is -0.117. The number of carbonyl (C=O) groups excluding carboxylic acids is 2. The highest BCUT2D eigenvalue weighted by atomic mass is 32.2. The number of amides is 1. The number of aromatic nitrogens is 1. The molecule has 0 fully saturated rings. The van der Waals surface area contributed by atoms with Crippen LogP contribution in [0.25, 0.3) is 0 Å². The molecule has 25 heavy (non-hydrogen) atoms. The molecule has 1 amide bonds. The number of fused-ring (bicyclic) bond motifs is 1. The third-order valence-electron chi connectivity index (χ3n) is 4.17. The molecule has 0 aliphatic carbocycles. The minimum Gasteiger partial charge on any atom is -0.337 e. The molecule has 0 unspecified atom stereocenters. The zero-order valence-electron chi connectivity index (χ0n) is 14.0. The lowest BCUT2D eigenvalue weighted by molar-refractivity contribution is -0.129. The van der Waals surface area contributed by atoms with Crippen LogP contribution in [-0.4, -0.2) is 33.9 Å². The second-order valence-electron chi connectivity index (χ2n) is 5.87. The number of pyridine rings is 1. The van der Waals surface area contributed by atoms with Gasteiger partial charge in [0.25, 0.3) is 0 Å². The number of carbonyl (C=O) groups is 2. The Balaban J connectivity index is 1.69. The molecule has 2 aromatic heterocycles. The van der Waals surface area contributed by atoms with Crippen molar-refractivity contribution in [3.05, 3.63) is 44.8 Å². The average molecular weight is 371 g/mol. The van der Waals surface area contributed by atoms with E-state index in [0.29, 0.717) is 28.4 Å². The van der Waals surface area contributed by atoms with Crippen LogP contribution in [0.5, 0.6) is 0 Å². The number of nitriles is 1. The number of rotatable bonds is 4. The number of thioether (sulfide) groups is 1. The number of ketones is 1. The highest BCUT2D eigenvalue weighted by molar-refractivity contribution is 8.00. The third kappa shape index (κ3) is 3.75. The van der Waals surface area contributed by atoms with Crippen molar-refractivity contribution in [2.45, 2.75) is 31.8 Å². The van der Waals surface area contributed by atoms with E-state index >= 15 is 0 Å². The first kappa shape index (κ1) is 17.6. The topological polar surface area (TPSA) is 74.1 Å². The lowest BCUT2D eigenvalue weighted by atomic mass is 10.1. The Bertz CT molecular complexity index is 883. The molecule has 0 saturated carbocycles. The van der Waals surface area contributed by atoms with E-state index in [0.717, 1.165) is 13.0 Å². The molecule has 3 rings (SSSR count). The van der Waals surface area contributed by atoms with Crippen molar-refractivity contribution < 1.29 is 9.59 Å². The van der Waals surface area contributed by atoms with Crippen LogP contribution in [0.3, 0.4) is 0 Å². The maximum atomic E-state index is 12.5. The Morgan fingerprint density at radius 1 is 1.48 bits per heavy atom. The number of hydrogen-bond acceptors (Lipinski definition) is 6. The molecule has 0 N–H and O–H groups in total. The highest BCUT2D eigenvalue weighted by Gasteiger charge is 2.22. The van der Waals surface area contributed by atoms with Gasteiger partial charge in [-0.15, -0.1) is 11.3 Å². The summed E-state index contributed by atoms with van der Waals surface area (Å²) in [7, 11) is 0. The van der Waals surface area contributed by atoms with Gasteiger partial charge in [0.05, 0.1) is 11.3 Å². The summed E-state index contributed by atoms with van der Waals surface area (Å²) in [6, 6.07) is 5.71. The molecule has 1 aliphatic heterocycles. The average Bonchev–Trinajstić information content (AvgIpc) is 3.07. The second-order valence-corrected chi connectivity index (χ2v) is 7.83. The summed E-state index contributed by atoms with van der Waals surface area (Å²) in [5.41, 5.74) is 2.61. The largest absolute Gasteiger partial charge is 0.337 e. The Morgan fingerprint density at radius 3 is 3.00 bits per heavy atom. The molecule has 0 atom stereocenters. The molecule has 3 heterocycles. The molecule has 0 spiro atoms. The zero-order valence-corrected chi connectivity index (χ0v) is 15.7. The normalized spacial score (nSPS) is 13.2. The summed E-state index contributed by atoms with van der Waals surface area (Å²) < 4.78 is 0. The monoisotopic (exact) mass is 371 g/mol. The van der Waals surface area contributed by atoms with Crippen molar-refractivity contribution in [3.63, 3.8) is 0 Å². The molecule has 0 aromatic carbocycles. The summed E-state index contributed by atoms with van der Waals surface area (Å²) in [5, 5.41) is 11.9. The molecule has 1 aliphatic rings. The molecule has 5 nitrogen and oxygen atoms in total. The molecule has 7 heteroatoms. The van der Waals surface area contributed by atoms with Gasteiger partial charge in [-0.3, -0.25) is 9.59 Å². The Kier molecular flexibility index (Phi) is 5.21. The van der Waals surface area contributed by atoms with E-state index in [4.69, 9.17) is 0 Å². The fourth-order valence-corrected chi connectivity index (χ4v) is 4.61. The van der Waals surface area contributed by atoms with Crippen molar-refractivity contribution in [1.29, 1.82) is 5.26 Å². The van der Waals surface area contributed by atoms with E-state index in [1.54, 1.807) is 24.3 Å². The van der Waals surface area contributed by atoms with Crippen molar-refractivity contribution >= 4 is 34.8 Å². The first-order valence-corrected chi connectivity index (χ1v) is 9.74. The Morgan fingerprint density at radius 2 is 2.28 bits per heavy atom. The van der Waals surface area contributed by atoms with Crippen LogP contribution in [-0.2, 0) is 17.8 Å². The third-order valence-corrected chi connectivity index (χ3v) is 6.17. The first-order chi connectivity index (χ1) is 12.0. The molecule has 128 valence electrons. The predicted molar refractivity (Wildman–Crippen MR) is 97.9 cm³/mol. The van der Waals surface area contributed by atoms with Gasteiger partial charge in [0, 0.05) is 29.2 Å². The fourth-order valence-electron chi connectivity index (χ4n) is 2.81. The van der Waals surface area contributed by atoms with Crippen LogP contribution >= 0.6 is 23.1 Å². The van der Waals surface area contributed by atoms with Gasteiger partial charge >= 0.3 is 0 Å². The molecule has 0 radical (unpaired) electrons. The SMILES string of the molecule is CC(=O)c1cc(C#N)c(SCC(=O)N2CCc3sccc3C2)nc1C. The van der Waals surface area contributed by atoms with E-state index < -0.39 is 0 Å². The summed E-state index contributed by atoms with van der Waals surface area (Å²) in [4.78, 5) is 31.7. The molecule has 0 saturated heterocycles. The number of Topliss-reactive ketones (excluding diaryl/α,β-unsaturated/α-hetero) is 1. The van der Waals surface area contributed by atoms with Crippen molar-refractivity contribution in [2.75, 3.05) is 12.3 Å². The van der Waals surface area contributed by atoms with Crippen LogP contribution in [0.15, 0.2) is 22.5 Å². The number of hydrogen-bond donors (Lipinski definition) is 0. The molecular formula is C18H17N3O2S2. The van der Waals surface area contributed by atoms with Gasteiger partial charge in [-0.1, -0.05) is 11.8 Å². The fraction of sp³-hybridized carbons (Fsp3) is 0.333. The van der Waals surface area contributed by atoms with Gasteiger partial charge in [-0.2, -0.15) is 5.26 Å². The molecule has 0 bridgehead atoms. The van der Waals surface area contributed by atoms with Gasteiger partial charge in [0.15, 0.2) is 5.78 Å². The van der Waals surface area contributed by atoms with Crippen LogP contribution in [0.1, 0.15) is 39.0 Å². The lowest BCUT2D eigenvalue weighted by Crippen LogP contribution is -2.36. The predicted octanol–water partition coefficient (Wildman–Crippen LogP) is 3.20. The summed E-state index contributed by atoms with van der Waals surface area (Å²) in [6.07, 6.45) is 0.900. The molecule has 2 aromatic rings. The van der Waals surface area contributed by atoms with E-state index in [-0.39, 0.29) is 17.4 Å². The van der Waals surface area contributed by atoms with Crippen LogP contribution in [0.4, 0.5) is 0 Å². The van der Waals surface area contributed by atoms with Crippen molar-refractivity contribution in [1.82, 2.24) is 9.88 Å². The van der Waals surface area contributed by atoms with Gasteiger partial charge in [-0.05, 0) is 43.3 Å². The van der Waals surface area contributed by atoms with Crippen LogP contribution in [0, 0.1) is 18.3 Å². The van der Waals surface area contributed by atoms with E-state index in [1.165, 1.54) is 29.1 Å². The maximum Gasteiger partial charge on any atom is 0.233 e. The van der Waals surface area contributed by atoms with Gasteiger partial charge in [0.1, 0.15) is 11.1 Å². The van der Waals surface area contributed by atoms with E-state index in [9.17, 15) is 14.9 Å². The van der Waals surface area contributed by atoms with E-state index in [1.807, 2.05) is 4.90 Å². The van der Waals surface area contributed by atoms with Crippen molar-refractivity contribution in [2.24, 2.45) is 0 Å². The van der Waals surface area contributed by atoms with Gasteiger partial charge in [0.2, 0.25) is 5.91 Å². The Hall–Kier alpha value is -2.17. The second kappa shape index (κ2) is 7.38. The standard InChI is InChI=1S/C18H17N3O2S2/c1-11-15(12(2)22)7-14(8-19)18(20-11)25-10-17(23)21-5-3-16-13(9-21)4-6-24-16/h4,6-7H,3,5,9-10H2,1-2H3. The zero-order chi connectivity index (χ0) is 18.0. The van der Waals surface area contributed by atoms with Gasteiger partial charge in [-0.25, -0.2) is 4.98 Å². The number of nitrogens with zero attached hydrogens (tertiary/aromatic N) is 3. The van der Waals surface area contributed by atoms with Crippen LogP contribution in [0.2, 0.25) is 0 Å². The summed E-state index contributed by atoms with van der Waals surface area (Å²) in [6.45, 7) is 4.58. The van der Waals surface area contributed by atoms with Crippen LogP contribution < -0.4 is 0 Å². The van der Waals surface area contributed by atoms with Crippen molar-refractivity contribution in [3.8, 4) is 6.07 Å².